The minimum atomic E-state index is -0.688. The number of thiol groups is 1. The van der Waals surface area contributed by atoms with Gasteiger partial charge in [-0.25, -0.2) is 9.59 Å². The van der Waals surface area contributed by atoms with Crippen LogP contribution in [0.15, 0.2) is 80.7 Å². The minimum absolute atomic E-state index is 0.311. The predicted octanol–water partition coefficient (Wildman–Crippen LogP) is 3.28. The number of benzene rings is 2. The molecule has 3 aromatic rings. The molecule has 0 bridgehead atoms. The molecule has 1 heterocycles. The zero-order valence-electron chi connectivity index (χ0n) is 12.8. The van der Waals surface area contributed by atoms with Crippen molar-refractivity contribution < 1.29 is 4.42 Å². The fourth-order valence-electron chi connectivity index (χ4n) is 2.35. The molecule has 0 N–H and O–H groups in total. The van der Waals surface area contributed by atoms with Gasteiger partial charge in [0.25, 0.3) is 0 Å². The van der Waals surface area contributed by atoms with Crippen LogP contribution < -0.4 is 11.4 Å². The van der Waals surface area contributed by atoms with E-state index < -0.39 is 11.4 Å². The van der Waals surface area contributed by atoms with Gasteiger partial charge in [0.2, 0.25) is 0 Å². The molecule has 2 aromatic carbocycles. The topological polar surface area (TPSA) is 52.2 Å². The minimum Gasteiger partial charge on any atom is -0.373 e. The van der Waals surface area contributed by atoms with Crippen molar-refractivity contribution in [3.05, 3.63) is 105 Å². The molecule has 0 saturated carbocycles. The maximum absolute atomic E-state index is 12.1. The monoisotopic (exact) mass is 337 g/mol. The van der Waals surface area contributed by atoms with Crippen LogP contribution in [0.5, 0.6) is 0 Å². The molecule has 3 rings (SSSR count). The lowest BCUT2D eigenvalue weighted by molar-refractivity contribution is 0.408. The number of nitrogens with zero attached hydrogens (tertiary/aromatic N) is 1. The SMILES string of the molecule is O=c1cc(/C=C(\S)c2ccccc2)n(Cc2ccccc2)c(=O)o1. The van der Waals surface area contributed by atoms with E-state index in [0.29, 0.717) is 17.1 Å². The Labute approximate surface area is 144 Å². The summed E-state index contributed by atoms with van der Waals surface area (Å²) in [6, 6.07) is 20.3. The van der Waals surface area contributed by atoms with Crippen LogP contribution in [-0.2, 0) is 6.54 Å². The summed E-state index contributed by atoms with van der Waals surface area (Å²) in [5.41, 5.74) is 1.61. The van der Waals surface area contributed by atoms with Crippen LogP contribution in [0, 0.1) is 0 Å². The van der Waals surface area contributed by atoms with Crippen LogP contribution in [-0.4, -0.2) is 4.57 Å². The maximum atomic E-state index is 12.1. The van der Waals surface area contributed by atoms with Gasteiger partial charge in [-0.15, -0.1) is 12.6 Å². The van der Waals surface area contributed by atoms with E-state index in [9.17, 15) is 9.59 Å². The molecule has 0 spiro atoms. The van der Waals surface area contributed by atoms with Gasteiger partial charge in [-0.3, -0.25) is 4.57 Å². The first-order chi connectivity index (χ1) is 11.6. The second-order valence-corrected chi connectivity index (χ2v) is 5.71. The second kappa shape index (κ2) is 7.19. The fraction of sp³-hybridized carbons (Fsp3) is 0.0526. The Balaban J connectivity index is 2.07. The van der Waals surface area contributed by atoms with Gasteiger partial charge in [-0.05, 0) is 17.2 Å². The molecule has 0 aliphatic rings. The summed E-state index contributed by atoms with van der Waals surface area (Å²) in [5, 5.41) is 0. The van der Waals surface area contributed by atoms with Crippen LogP contribution in [0.25, 0.3) is 11.0 Å². The quantitative estimate of drug-likeness (QED) is 0.744. The maximum Gasteiger partial charge on any atom is 0.422 e. The highest BCUT2D eigenvalue weighted by Gasteiger charge is 2.08. The first kappa shape index (κ1) is 16.1. The van der Waals surface area contributed by atoms with Gasteiger partial charge in [0.15, 0.2) is 0 Å². The lowest BCUT2D eigenvalue weighted by Gasteiger charge is -2.09. The van der Waals surface area contributed by atoms with Gasteiger partial charge in [-0.2, -0.15) is 0 Å². The lowest BCUT2D eigenvalue weighted by Crippen LogP contribution is -2.26. The average molecular weight is 337 g/mol. The number of rotatable bonds is 4. The summed E-state index contributed by atoms with van der Waals surface area (Å²) in [7, 11) is 0. The van der Waals surface area contributed by atoms with Gasteiger partial charge in [0, 0.05) is 11.0 Å². The van der Waals surface area contributed by atoms with Crippen LogP contribution in [0.3, 0.4) is 0 Å². The first-order valence-electron chi connectivity index (χ1n) is 7.38. The van der Waals surface area contributed by atoms with Crippen LogP contribution in [0.2, 0.25) is 0 Å². The molecule has 0 saturated heterocycles. The molecule has 0 aliphatic heterocycles. The van der Waals surface area contributed by atoms with Crippen molar-refractivity contribution in [3.63, 3.8) is 0 Å². The van der Waals surface area contributed by atoms with Gasteiger partial charge >= 0.3 is 11.4 Å². The van der Waals surface area contributed by atoms with Crippen molar-refractivity contribution in [1.29, 1.82) is 0 Å². The van der Waals surface area contributed by atoms with Crippen LogP contribution in [0.4, 0.5) is 0 Å². The zero-order chi connectivity index (χ0) is 16.9. The Morgan fingerprint density at radius 3 is 2.29 bits per heavy atom. The molecule has 120 valence electrons. The van der Waals surface area contributed by atoms with Crippen LogP contribution >= 0.6 is 12.6 Å². The highest BCUT2D eigenvalue weighted by molar-refractivity contribution is 7.90. The molecule has 0 unspecified atom stereocenters. The van der Waals surface area contributed by atoms with Gasteiger partial charge in [-0.1, -0.05) is 60.7 Å². The van der Waals surface area contributed by atoms with E-state index >= 15 is 0 Å². The van der Waals surface area contributed by atoms with Gasteiger partial charge < -0.3 is 4.42 Å². The van der Waals surface area contributed by atoms with Gasteiger partial charge in [0.05, 0.1) is 12.2 Å². The smallest absolute Gasteiger partial charge is 0.373 e. The number of hydrogen-bond acceptors (Lipinski definition) is 4. The van der Waals surface area contributed by atoms with E-state index in [-0.39, 0.29) is 0 Å². The summed E-state index contributed by atoms with van der Waals surface area (Å²) in [5.74, 6) is -0.688. The van der Waals surface area contributed by atoms with Crippen molar-refractivity contribution >= 4 is 23.6 Å². The summed E-state index contributed by atoms with van der Waals surface area (Å²) in [6.07, 6.45) is 1.69. The van der Waals surface area contributed by atoms with Crippen LogP contribution in [0.1, 0.15) is 16.8 Å². The Hall–Kier alpha value is -2.79. The van der Waals surface area contributed by atoms with Crippen molar-refractivity contribution in [2.45, 2.75) is 6.54 Å². The highest BCUT2D eigenvalue weighted by atomic mass is 32.1. The largest absolute Gasteiger partial charge is 0.422 e. The molecule has 0 radical (unpaired) electrons. The second-order valence-electron chi connectivity index (χ2n) is 5.22. The Morgan fingerprint density at radius 2 is 1.62 bits per heavy atom. The molecule has 0 aliphatic carbocycles. The molecule has 0 fully saturated rings. The highest BCUT2D eigenvalue weighted by Crippen LogP contribution is 2.20. The molecule has 0 amide bonds. The van der Waals surface area contributed by atoms with E-state index in [1.54, 1.807) is 6.08 Å². The van der Waals surface area contributed by atoms with E-state index in [4.69, 9.17) is 4.42 Å². The molecule has 0 atom stereocenters. The third-order valence-corrected chi connectivity index (χ3v) is 3.91. The third kappa shape index (κ3) is 3.75. The molecular weight excluding hydrogens is 322 g/mol. The van der Waals surface area contributed by atoms with Crippen molar-refractivity contribution in [2.24, 2.45) is 0 Å². The van der Waals surface area contributed by atoms with E-state index in [1.165, 1.54) is 10.6 Å². The first-order valence-corrected chi connectivity index (χ1v) is 7.83. The Morgan fingerprint density at radius 1 is 1.00 bits per heavy atom. The summed E-state index contributed by atoms with van der Waals surface area (Å²) < 4.78 is 6.12. The van der Waals surface area contributed by atoms with Gasteiger partial charge in [0.1, 0.15) is 0 Å². The lowest BCUT2D eigenvalue weighted by atomic mass is 10.2. The Kier molecular flexibility index (Phi) is 4.82. The number of aromatic nitrogens is 1. The molecule has 5 heteroatoms. The van der Waals surface area contributed by atoms with Crippen molar-refractivity contribution in [1.82, 2.24) is 4.57 Å². The number of hydrogen-bond donors (Lipinski definition) is 1. The summed E-state index contributed by atoms with van der Waals surface area (Å²) in [6.45, 7) is 0.311. The fourth-order valence-corrected chi connectivity index (χ4v) is 2.63. The molecule has 4 nitrogen and oxygen atoms in total. The van der Waals surface area contributed by atoms with E-state index in [0.717, 1.165) is 11.1 Å². The standard InChI is InChI=1S/C19H15NO3S/c21-18-12-16(11-17(24)15-9-5-2-6-10-15)20(19(22)23-18)13-14-7-3-1-4-8-14/h1-12,24H,13H2/b17-11-. The average Bonchev–Trinajstić information content (AvgIpc) is 2.59. The normalized spacial score (nSPS) is 11.5. The Bertz CT molecular complexity index is 973. The third-order valence-electron chi connectivity index (χ3n) is 3.52. The van der Waals surface area contributed by atoms with Crippen molar-refractivity contribution in [3.8, 4) is 0 Å². The summed E-state index contributed by atoms with van der Waals surface area (Å²) >= 11 is 4.49. The predicted molar refractivity (Wildman–Crippen MR) is 98.1 cm³/mol. The van der Waals surface area contributed by atoms with E-state index in [2.05, 4.69) is 12.6 Å². The van der Waals surface area contributed by atoms with Crippen molar-refractivity contribution in [2.75, 3.05) is 0 Å². The molecular formula is C19H15NO3S. The zero-order valence-corrected chi connectivity index (χ0v) is 13.6. The molecule has 24 heavy (non-hydrogen) atoms. The van der Waals surface area contributed by atoms with E-state index in [1.807, 2.05) is 60.7 Å². The molecule has 1 aromatic heterocycles. The summed E-state index contributed by atoms with van der Waals surface area (Å²) in [4.78, 5) is 24.4.